The summed E-state index contributed by atoms with van der Waals surface area (Å²) in [5.74, 6) is 0.539. The smallest absolute Gasteiger partial charge is 0.407 e. The summed E-state index contributed by atoms with van der Waals surface area (Å²) in [4.78, 5) is 17.4. The molecule has 9 nitrogen and oxygen atoms in total. The Labute approximate surface area is 186 Å². The lowest BCUT2D eigenvalue weighted by atomic mass is 9.75. The molecule has 0 aromatic carbocycles. The van der Waals surface area contributed by atoms with Crippen molar-refractivity contribution in [1.29, 1.82) is 0 Å². The molecule has 0 aliphatic carbocycles. The summed E-state index contributed by atoms with van der Waals surface area (Å²) in [7, 11) is 0. The molecule has 2 aromatic heterocycles. The molecule has 2 saturated heterocycles. The van der Waals surface area contributed by atoms with Crippen molar-refractivity contribution in [3.05, 3.63) is 17.4 Å². The van der Waals surface area contributed by atoms with E-state index in [2.05, 4.69) is 10.1 Å². The van der Waals surface area contributed by atoms with Gasteiger partial charge in [-0.25, -0.2) is 14.5 Å². The Balaban J connectivity index is 1.63. The molecule has 2 unspecified atom stereocenters. The third kappa shape index (κ3) is 4.31. The van der Waals surface area contributed by atoms with Crippen molar-refractivity contribution in [2.75, 3.05) is 32.9 Å². The number of fused-ring (bicyclic) bond motifs is 1. The molecule has 4 heterocycles. The number of hydrogen-bond donors (Lipinski definition) is 1. The van der Waals surface area contributed by atoms with Gasteiger partial charge in [0, 0.05) is 19.2 Å². The van der Waals surface area contributed by atoms with Crippen molar-refractivity contribution in [3.8, 4) is 5.75 Å². The zero-order chi connectivity index (χ0) is 22.2. The van der Waals surface area contributed by atoms with Crippen molar-refractivity contribution in [1.82, 2.24) is 19.7 Å². The minimum Gasteiger partial charge on any atom is -0.490 e. The Bertz CT molecular complexity index is 953. The van der Waals surface area contributed by atoms with Crippen LogP contribution in [0.4, 0.5) is 4.79 Å². The van der Waals surface area contributed by atoms with E-state index in [9.17, 15) is 9.90 Å². The van der Waals surface area contributed by atoms with Crippen LogP contribution in [0.15, 0.2) is 12.3 Å². The number of morpholine rings is 1. The van der Waals surface area contributed by atoms with Crippen LogP contribution in [0.2, 0.25) is 5.15 Å². The Hall–Kier alpha value is -2.10. The van der Waals surface area contributed by atoms with Crippen molar-refractivity contribution < 1.29 is 24.1 Å². The first-order valence-electron chi connectivity index (χ1n) is 10.6. The molecule has 0 bridgehead atoms. The van der Waals surface area contributed by atoms with Gasteiger partial charge in [-0.05, 0) is 24.7 Å². The van der Waals surface area contributed by atoms with Gasteiger partial charge < -0.3 is 24.2 Å². The van der Waals surface area contributed by atoms with E-state index < -0.39 is 11.7 Å². The molecule has 170 valence electrons. The third-order valence-electron chi connectivity index (χ3n) is 6.21. The summed E-state index contributed by atoms with van der Waals surface area (Å²) in [6.45, 7) is 7.81. The van der Waals surface area contributed by atoms with Crippen LogP contribution in [0.25, 0.3) is 11.0 Å². The highest BCUT2D eigenvalue weighted by atomic mass is 35.5. The average molecular weight is 453 g/mol. The Morgan fingerprint density at radius 3 is 2.87 bits per heavy atom. The molecule has 0 saturated carbocycles. The fourth-order valence-corrected chi connectivity index (χ4v) is 4.29. The van der Waals surface area contributed by atoms with Crippen molar-refractivity contribution >= 4 is 28.7 Å². The molecule has 0 spiro atoms. The molecule has 2 aromatic rings. The summed E-state index contributed by atoms with van der Waals surface area (Å²) in [5, 5.41) is 15.0. The maximum atomic E-state index is 11.6. The summed E-state index contributed by atoms with van der Waals surface area (Å²) >= 11 is 6.31. The van der Waals surface area contributed by atoms with Gasteiger partial charge in [0.2, 0.25) is 0 Å². The number of pyridine rings is 1. The van der Waals surface area contributed by atoms with Gasteiger partial charge in [0.15, 0.2) is 11.9 Å². The number of halogens is 1. The van der Waals surface area contributed by atoms with Crippen LogP contribution in [0.5, 0.6) is 5.75 Å². The van der Waals surface area contributed by atoms with Crippen molar-refractivity contribution in [3.63, 3.8) is 0 Å². The molecule has 1 N–H and O–H groups in total. The lowest BCUT2D eigenvalue weighted by molar-refractivity contribution is -0.175. The van der Waals surface area contributed by atoms with Gasteiger partial charge in [-0.15, -0.1) is 0 Å². The first-order valence-corrected chi connectivity index (χ1v) is 11.0. The highest BCUT2D eigenvalue weighted by Gasteiger charge is 2.48. The lowest BCUT2D eigenvalue weighted by Crippen LogP contribution is -2.62. The summed E-state index contributed by atoms with van der Waals surface area (Å²) in [6.07, 6.45) is 3.56. The van der Waals surface area contributed by atoms with Crippen molar-refractivity contribution in [2.45, 2.75) is 51.9 Å². The number of hydrogen-bond acceptors (Lipinski definition) is 6. The molecule has 31 heavy (non-hydrogen) atoms. The minimum absolute atomic E-state index is 0.167. The van der Waals surface area contributed by atoms with Crippen LogP contribution in [0.1, 0.15) is 46.3 Å². The highest BCUT2D eigenvalue weighted by molar-refractivity contribution is 6.30. The maximum absolute atomic E-state index is 11.6. The predicted octanol–water partition coefficient (Wildman–Crippen LogP) is 3.96. The number of aromatic nitrogens is 3. The van der Waals surface area contributed by atoms with E-state index in [1.54, 1.807) is 16.9 Å². The molecule has 1 amide bonds. The van der Waals surface area contributed by atoms with Gasteiger partial charge in [-0.3, -0.25) is 0 Å². The fraction of sp³-hybridized carbons (Fsp3) is 0.667. The molecule has 10 heteroatoms. The van der Waals surface area contributed by atoms with E-state index in [-0.39, 0.29) is 24.8 Å². The summed E-state index contributed by atoms with van der Waals surface area (Å²) in [6, 6.07) is 1.66. The number of ether oxygens (including phenoxy) is 3. The van der Waals surface area contributed by atoms with Gasteiger partial charge in [0.1, 0.15) is 23.1 Å². The second-order valence-electron chi connectivity index (χ2n) is 9.18. The maximum Gasteiger partial charge on any atom is 0.407 e. The van der Waals surface area contributed by atoms with Crippen LogP contribution < -0.4 is 4.74 Å². The Morgan fingerprint density at radius 1 is 1.39 bits per heavy atom. The topological polar surface area (TPSA) is 98.9 Å². The second kappa shape index (κ2) is 8.44. The van der Waals surface area contributed by atoms with Crippen LogP contribution in [0.3, 0.4) is 0 Å². The molecule has 4 rings (SSSR count). The lowest BCUT2D eigenvalue weighted by Gasteiger charge is -2.49. The molecular weight excluding hydrogens is 424 g/mol. The zero-order valence-electron chi connectivity index (χ0n) is 18.1. The van der Waals surface area contributed by atoms with E-state index in [1.807, 2.05) is 20.8 Å². The van der Waals surface area contributed by atoms with E-state index in [0.717, 1.165) is 24.6 Å². The van der Waals surface area contributed by atoms with E-state index >= 15 is 0 Å². The van der Waals surface area contributed by atoms with E-state index in [0.29, 0.717) is 36.3 Å². The number of rotatable bonds is 4. The van der Waals surface area contributed by atoms with Crippen LogP contribution >= 0.6 is 11.6 Å². The number of carboxylic acid groups (broad SMARTS) is 1. The third-order valence-corrected chi connectivity index (χ3v) is 6.40. The normalized spacial score (nSPS) is 25.0. The SMILES string of the molecule is CC(C)(C)C1(COc2cc(Cl)nc3c2cnn3C2CCCCO2)CN(C(=O)O)CCO1. The second-order valence-corrected chi connectivity index (χ2v) is 9.56. The average Bonchev–Trinajstić information content (AvgIpc) is 3.16. The number of carbonyl (C=O) groups is 1. The zero-order valence-corrected chi connectivity index (χ0v) is 18.9. The quantitative estimate of drug-likeness (QED) is 0.701. The molecule has 2 atom stereocenters. The molecule has 2 aliphatic heterocycles. The minimum atomic E-state index is -0.958. The van der Waals surface area contributed by atoms with Gasteiger partial charge in [0.25, 0.3) is 0 Å². The molecule has 2 aliphatic rings. The van der Waals surface area contributed by atoms with Crippen LogP contribution in [-0.4, -0.2) is 69.4 Å². The highest BCUT2D eigenvalue weighted by Crippen LogP contribution is 2.39. The summed E-state index contributed by atoms with van der Waals surface area (Å²) in [5.41, 5.74) is -0.568. The van der Waals surface area contributed by atoms with Crippen LogP contribution in [0, 0.1) is 5.41 Å². The fourth-order valence-electron chi connectivity index (χ4n) is 4.11. The largest absolute Gasteiger partial charge is 0.490 e. The first kappa shape index (κ1) is 22.1. The van der Waals surface area contributed by atoms with E-state index in [4.69, 9.17) is 25.8 Å². The molecule has 0 radical (unpaired) electrons. The van der Waals surface area contributed by atoms with Crippen LogP contribution in [-0.2, 0) is 9.47 Å². The number of nitrogens with zero attached hydrogens (tertiary/aromatic N) is 4. The monoisotopic (exact) mass is 452 g/mol. The standard InChI is InChI=1S/C21H29ClN4O5/c1-20(2,3)21(12-25(19(27)28)7-9-31-21)13-30-15-10-16(22)24-18-14(15)11-23-26(18)17-6-4-5-8-29-17/h10-11,17H,4-9,12-13H2,1-3H3,(H,27,28). The predicted molar refractivity (Wildman–Crippen MR) is 115 cm³/mol. The Kier molecular flexibility index (Phi) is 6.02. The molecular formula is C21H29ClN4O5. The van der Waals surface area contributed by atoms with E-state index in [1.165, 1.54) is 4.90 Å². The van der Waals surface area contributed by atoms with Crippen molar-refractivity contribution in [2.24, 2.45) is 5.41 Å². The van der Waals surface area contributed by atoms with Gasteiger partial charge in [-0.1, -0.05) is 32.4 Å². The number of amides is 1. The first-order chi connectivity index (χ1) is 14.7. The van der Waals surface area contributed by atoms with Gasteiger partial charge in [-0.2, -0.15) is 5.10 Å². The van der Waals surface area contributed by atoms with Gasteiger partial charge in [0.05, 0.1) is 24.7 Å². The van der Waals surface area contributed by atoms with Gasteiger partial charge >= 0.3 is 6.09 Å². The summed E-state index contributed by atoms with van der Waals surface area (Å²) < 4.78 is 20.0. The Morgan fingerprint density at radius 2 is 2.19 bits per heavy atom. The molecule has 2 fully saturated rings.